The first-order chi connectivity index (χ1) is 11.1. The summed E-state index contributed by atoms with van der Waals surface area (Å²) in [6, 6.07) is 5.55. The molecule has 0 unspecified atom stereocenters. The third kappa shape index (κ3) is 3.67. The van der Waals surface area contributed by atoms with Crippen LogP contribution in [0, 0.1) is 6.92 Å². The molecule has 0 aromatic heterocycles. The van der Waals surface area contributed by atoms with E-state index in [-0.39, 0.29) is 31.3 Å². The summed E-state index contributed by atoms with van der Waals surface area (Å²) in [5.74, 6) is -1.04. The largest absolute Gasteiger partial charge is 0.480 e. The van der Waals surface area contributed by atoms with Crippen LogP contribution in [0.4, 0.5) is 5.69 Å². The van der Waals surface area contributed by atoms with Gasteiger partial charge in [0.1, 0.15) is 12.3 Å². The summed E-state index contributed by atoms with van der Waals surface area (Å²) in [6.45, 7) is 5.09. The number of rotatable bonds is 5. The molecule has 1 N–H and O–H groups in total. The molecule has 130 valence electrons. The fraction of sp³-hybridized carbons (Fsp3) is 0.471. The molecule has 24 heavy (non-hydrogen) atoms. The number of aliphatic carboxylic acids is 1. The summed E-state index contributed by atoms with van der Waals surface area (Å²) >= 11 is 0. The van der Waals surface area contributed by atoms with Crippen molar-refractivity contribution >= 4 is 23.5 Å². The molecule has 2 rings (SSSR count). The predicted molar refractivity (Wildman–Crippen MR) is 88.1 cm³/mol. The maximum atomic E-state index is 12.7. The van der Waals surface area contributed by atoms with Gasteiger partial charge in [-0.25, -0.2) is 0 Å². The van der Waals surface area contributed by atoms with E-state index < -0.39 is 11.6 Å². The smallest absolute Gasteiger partial charge is 0.323 e. The van der Waals surface area contributed by atoms with Crippen LogP contribution in [0.1, 0.15) is 25.8 Å². The van der Waals surface area contributed by atoms with Crippen LogP contribution < -0.4 is 9.64 Å². The number of benzene rings is 1. The molecule has 1 aliphatic rings. The van der Waals surface area contributed by atoms with Crippen molar-refractivity contribution in [2.45, 2.75) is 32.8 Å². The quantitative estimate of drug-likeness (QED) is 0.880. The zero-order valence-corrected chi connectivity index (χ0v) is 14.3. The van der Waals surface area contributed by atoms with Crippen molar-refractivity contribution in [3.63, 3.8) is 0 Å². The molecule has 1 aromatic rings. The fourth-order valence-corrected chi connectivity index (χ4v) is 2.59. The molecule has 0 saturated carbocycles. The van der Waals surface area contributed by atoms with Gasteiger partial charge in [-0.15, -0.1) is 0 Å². The van der Waals surface area contributed by atoms with Crippen molar-refractivity contribution in [3.05, 3.63) is 23.8 Å². The Bertz CT molecular complexity index is 684. The molecule has 0 atom stereocenters. The number of anilines is 1. The summed E-state index contributed by atoms with van der Waals surface area (Å²) in [6.07, 6.45) is 0.0407. The number of nitrogens with zero attached hydrogens (tertiary/aromatic N) is 2. The van der Waals surface area contributed by atoms with Crippen molar-refractivity contribution in [3.8, 4) is 5.75 Å². The Morgan fingerprint density at radius 3 is 2.62 bits per heavy atom. The van der Waals surface area contributed by atoms with Gasteiger partial charge in [0, 0.05) is 20.0 Å². The Labute approximate surface area is 140 Å². The highest BCUT2D eigenvalue weighted by atomic mass is 16.5. The van der Waals surface area contributed by atoms with Crippen molar-refractivity contribution < 1.29 is 24.2 Å². The fourth-order valence-electron chi connectivity index (χ4n) is 2.59. The van der Waals surface area contributed by atoms with E-state index in [1.807, 2.05) is 25.1 Å². The van der Waals surface area contributed by atoms with Crippen molar-refractivity contribution in [2.75, 3.05) is 25.0 Å². The van der Waals surface area contributed by atoms with Crippen molar-refractivity contribution in [2.24, 2.45) is 0 Å². The third-order valence-electron chi connectivity index (χ3n) is 3.88. The Kier molecular flexibility index (Phi) is 4.82. The van der Waals surface area contributed by atoms with Crippen LogP contribution in [0.2, 0.25) is 0 Å². The van der Waals surface area contributed by atoms with E-state index in [9.17, 15) is 14.4 Å². The number of aryl methyl sites for hydroxylation is 1. The highest BCUT2D eigenvalue weighted by Gasteiger charge is 2.40. The minimum atomic E-state index is -1.07. The average Bonchev–Trinajstić information content (AvgIpc) is 2.47. The van der Waals surface area contributed by atoms with Crippen molar-refractivity contribution in [1.82, 2.24) is 4.90 Å². The van der Waals surface area contributed by atoms with Crippen LogP contribution in [0.5, 0.6) is 5.75 Å². The molecule has 2 amide bonds. The van der Waals surface area contributed by atoms with E-state index in [0.717, 1.165) is 10.5 Å². The second kappa shape index (κ2) is 6.51. The molecule has 0 fully saturated rings. The molecule has 1 heterocycles. The SMILES string of the molecule is Cc1ccc2c(c1)N(CCC(=O)N(C)CC(=O)O)C(=O)C(C)(C)O2. The number of ether oxygens (including phenoxy) is 1. The van der Waals surface area contributed by atoms with Gasteiger partial charge in [-0.3, -0.25) is 14.4 Å². The van der Waals surface area contributed by atoms with E-state index in [4.69, 9.17) is 9.84 Å². The number of likely N-dealkylation sites (N-methyl/N-ethyl adjacent to an activating group) is 1. The van der Waals surface area contributed by atoms with E-state index in [1.54, 1.807) is 18.7 Å². The number of carboxylic acid groups (broad SMARTS) is 1. The number of carbonyl (C=O) groups excluding carboxylic acids is 2. The first-order valence-electron chi connectivity index (χ1n) is 7.69. The number of hydrogen-bond donors (Lipinski definition) is 1. The molecule has 0 bridgehead atoms. The molecular weight excluding hydrogens is 312 g/mol. The normalized spacial score (nSPS) is 15.5. The molecule has 7 nitrogen and oxygen atoms in total. The van der Waals surface area contributed by atoms with Gasteiger partial charge in [-0.05, 0) is 38.5 Å². The molecule has 0 spiro atoms. The minimum Gasteiger partial charge on any atom is -0.480 e. The van der Waals surface area contributed by atoms with Gasteiger partial charge in [0.05, 0.1) is 5.69 Å². The first kappa shape index (κ1) is 17.8. The first-order valence-corrected chi connectivity index (χ1v) is 7.69. The van der Waals surface area contributed by atoms with Crippen LogP contribution in [-0.4, -0.2) is 53.5 Å². The van der Waals surface area contributed by atoms with Gasteiger partial charge in [-0.1, -0.05) is 6.07 Å². The van der Waals surface area contributed by atoms with E-state index in [1.165, 1.54) is 7.05 Å². The molecule has 0 radical (unpaired) electrons. The highest BCUT2D eigenvalue weighted by molar-refractivity contribution is 6.02. The number of amides is 2. The van der Waals surface area contributed by atoms with Gasteiger partial charge in [0.2, 0.25) is 5.91 Å². The second-order valence-electron chi connectivity index (χ2n) is 6.43. The number of fused-ring (bicyclic) bond motifs is 1. The third-order valence-corrected chi connectivity index (χ3v) is 3.88. The molecule has 7 heteroatoms. The summed E-state index contributed by atoms with van der Waals surface area (Å²) in [5, 5.41) is 8.75. The maximum absolute atomic E-state index is 12.7. The number of carboxylic acids is 1. The van der Waals surface area contributed by atoms with Gasteiger partial charge in [0.15, 0.2) is 5.60 Å². The van der Waals surface area contributed by atoms with Crippen LogP contribution in [0.15, 0.2) is 18.2 Å². The lowest BCUT2D eigenvalue weighted by molar-refractivity contribution is -0.143. The summed E-state index contributed by atoms with van der Waals surface area (Å²) < 4.78 is 5.76. The second-order valence-corrected chi connectivity index (χ2v) is 6.43. The molecule has 0 saturated heterocycles. The number of carbonyl (C=O) groups is 3. The van der Waals surface area contributed by atoms with Gasteiger partial charge < -0.3 is 19.6 Å². The lowest BCUT2D eigenvalue weighted by atomic mass is 10.0. The zero-order chi connectivity index (χ0) is 18.1. The standard InChI is InChI=1S/C17H22N2O5/c1-11-5-6-13-12(9-11)19(16(23)17(2,3)24-13)8-7-14(20)18(4)10-15(21)22/h5-6,9H,7-8,10H2,1-4H3,(H,21,22). The van der Waals surface area contributed by atoms with Crippen LogP contribution in [-0.2, 0) is 14.4 Å². The van der Waals surface area contributed by atoms with Crippen LogP contribution >= 0.6 is 0 Å². The number of hydrogen-bond acceptors (Lipinski definition) is 4. The summed E-state index contributed by atoms with van der Waals surface area (Å²) in [4.78, 5) is 38.1. The van der Waals surface area contributed by atoms with E-state index >= 15 is 0 Å². The van der Waals surface area contributed by atoms with Gasteiger partial charge >= 0.3 is 5.97 Å². The monoisotopic (exact) mass is 334 g/mol. The van der Waals surface area contributed by atoms with E-state index in [0.29, 0.717) is 11.4 Å². The van der Waals surface area contributed by atoms with Crippen molar-refractivity contribution in [1.29, 1.82) is 0 Å². The Balaban J connectivity index is 2.19. The molecule has 1 aromatic carbocycles. The molecule has 1 aliphatic heterocycles. The Hall–Kier alpha value is -2.57. The zero-order valence-electron chi connectivity index (χ0n) is 14.3. The topological polar surface area (TPSA) is 87.2 Å². The highest BCUT2D eigenvalue weighted by Crippen LogP contribution is 2.38. The Morgan fingerprint density at radius 2 is 2.00 bits per heavy atom. The summed E-state index contributed by atoms with van der Waals surface area (Å²) in [5.41, 5.74) is 0.593. The van der Waals surface area contributed by atoms with E-state index in [2.05, 4.69) is 0 Å². The van der Waals surface area contributed by atoms with Crippen LogP contribution in [0.3, 0.4) is 0 Å². The summed E-state index contributed by atoms with van der Waals surface area (Å²) in [7, 11) is 1.43. The average molecular weight is 334 g/mol. The lowest BCUT2D eigenvalue weighted by Gasteiger charge is -2.39. The van der Waals surface area contributed by atoms with Crippen LogP contribution in [0.25, 0.3) is 0 Å². The Morgan fingerprint density at radius 1 is 1.33 bits per heavy atom. The predicted octanol–water partition coefficient (Wildman–Crippen LogP) is 1.43. The maximum Gasteiger partial charge on any atom is 0.323 e. The lowest BCUT2D eigenvalue weighted by Crippen LogP contribution is -2.53. The van der Waals surface area contributed by atoms with Gasteiger partial charge in [-0.2, -0.15) is 0 Å². The molecular formula is C17H22N2O5. The minimum absolute atomic E-state index is 0.0407. The molecule has 0 aliphatic carbocycles. The van der Waals surface area contributed by atoms with Gasteiger partial charge in [0.25, 0.3) is 5.91 Å².